The van der Waals surface area contributed by atoms with Gasteiger partial charge in [0.1, 0.15) is 0 Å². The van der Waals surface area contributed by atoms with Crippen LogP contribution in [-0.4, -0.2) is 36.7 Å². The van der Waals surface area contributed by atoms with Gasteiger partial charge in [-0.05, 0) is 29.2 Å². The first-order chi connectivity index (χ1) is 16.5. The smallest absolute Gasteiger partial charge is 0.229 e. The Morgan fingerprint density at radius 3 is 2.47 bits per heavy atom. The van der Waals surface area contributed by atoms with E-state index in [-0.39, 0.29) is 17.6 Å². The lowest BCUT2D eigenvalue weighted by Gasteiger charge is -2.30. The summed E-state index contributed by atoms with van der Waals surface area (Å²) in [5.41, 5.74) is 2.64. The standard InChI is InChI=1S/C26H25N3O3S2/c30-25(21-13-15-29(16-14-21)34(31,32)18-19-7-2-1-3-8-19)28-26-27-24(17-33-26)23-12-6-10-20-9-4-5-11-22(20)23/h1-12,17,21H,13-16,18H2,(H,27,28,30). The molecular formula is C26H25N3O3S2. The van der Waals surface area contributed by atoms with Crippen LogP contribution in [0.5, 0.6) is 0 Å². The number of nitrogens with zero attached hydrogens (tertiary/aromatic N) is 2. The molecule has 1 aliphatic rings. The van der Waals surface area contributed by atoms with Crippen molar-refractivity contribution < 1.29 is 13.2 Å². The van der Waals surface area contributed by atoms with E-state index in [4.69, 9.17) is 0 Å². The minimum atomic E-state index is -3.40. The zero-order valence-corrected chi connectivity index (χ0v) is 20.2. The lowest BCUT2D eigenvalue weighted by molar-refractivity contribution is -0.120. The van der Waals surface area contributed by atoms with E-state index in [9.17, 15) is 13.2 Å². The van der Waals surface area contributed by atoms with E-state index in [2.05, 4.69) is 28.5 Å². The molecule has 0 atom stereocenters. The van der Waals surface area contributed by atoms with Gasteiger partial charge in [-0.15, -0.1) is 11.3 Å². The number of aromatic nitrogens is 1. The normalized spacial score (nSPS) is 15.4. The zero-order valence-electron chi connectivity index (χ0n) is 18.6. The predicted octanol–water partition coefficient (Wildman–Crippen LogP) is 5.14. The van der Waals surface area contributed by atoms with Gasteiger partial charge in [-0.1, -0.05) is 72.8 Å². The molecule has 1 aromatic heterocycles. The van der Waals surface area contributed by atoms with Gasteiger partial charge < -0.3 is 5.32 Å². The van der Waals surface area contributed by atoms with E-state index in [1.165, 1.54) is 15.6 Å². The number of fused-ring (bicyclic) bond motifs is 1. The van der Waals surface area contributed by atoms with Crippen molar-refractivity contribution in [3.63, 3.8) is 0 Å². The fourth-order valence-electron chi connectivity index (χ4n) is 4.38. The Kier molecular flexibility index (Phi) is 6.45. The van der Waals surface area contributed by atoms with Crippen molar-refractivity contribution in [2.45, 2.75) is 18.6 Å². The number of carbonyl (C=O) groups is 1. The highest BCUT2D eigenvalue weighted by Gasteiger charge is 2.31. The monoisotopic (exact) mass is 491 g/mol. The second-order valence-corrected chi connectivity index (χ2v) is 11.3. The number of nitrogens with one attached hydrogen (secondary N) is 1. The summed E-state index contributed by atoms with van der Waals surface area (Å²) >= 11 is 1.40. The second-order valence-electron chi connectivity index (χ2n) is 8.47. The average molecular weight is 492 g/mol. The third-order valence-electron chi connectivity index (χ3n) is 6.21. The molecule has 1 aliphatic heterocycles. The Hall–Kier alpha value is -3.07. The number of carbonyl (C=O) groups excluding carboxylic acids is 1. The predicted molar refractivity (Wildman–Crippen MR) is 137 cm³/mol. The highest BCUT2D eigenvalue weighted by Crippen LogP contribution is 2.31. The first kappa shape index (κ1) is 22.7. The van der Waals surface area contributed by atoms with Crippen molar-refractivity contribution in [2.24, 2.45) is 5.92 Å². The summed E-state index contributed by atoms with van der Waals surface area (Å²) in [6, 6.07) is 23.5. The van der Waals surface area contributed by atoms with E-state index in [1.54, 1.807) is 0 Å². The van der Waals surface area contributed by atoms with Crippen LogP contribution in [-0.2, 0) is 20.6 Å². The molecule has 6 nitrogen and oxygen atoms in total. The van der Waals surface area contributed by atoms with Crippen LogP contribution in [0.4, 0.5) is 5.13 Å². The molecule has 1 amide bonds. The molecule has 0 radical (unpaired) electrons. The molecule has 0 spiro atoms. The maximum atomic E-state index is 12.9. The summed E-state index contributed by atoms with van der Waals surface area (Å²) in [5.74, 6) is -0.340. The van der Waals surface area contributed by atoms with Gasteiger partial charge in [-0.2, -0.15) is 0 Å². The highest BCUT2D eigenvalue weighted by atomic mass is 32.2. The van der Waals surface area contributed by atoms with Gasteiger partial charge in [0, 0.05) is 30.0 Å². The molecule has 0 unspecified atom stereocenters. The number of amides is 1. The van der Waals surface area contributed by atoms with Crippen molar-refractivity contribution in [2.75, 3.05) is 18.4 Å². The van der Waals surface area contributed by atoms with Crippen LogP contribution < -0.4 is 5.32 Å². The summed E-state index contributed by atoms with van der Waals surface area (Å²) in [4.78, 5) is 17.5. The number of hydrogen-bond donors (Lipinski definition) is 1. The van der Waals surface area contributed by atoms with Crippen LogP contribution in [0.3, 0.4) is 0 Å². The summed E-state index contributed by atoms with van der Waals surface area (Å²) in [5, 5.41) is 7.73. The summed E-state index contributed by atoms with van der Waals surface area (Å²) in [6.45, 7) is 0.707. The summed E-state index contributed by atoms with van der Waals surface area (Å²) in [7, 11) is -3.40. The number of thiazole rings is 1. The Morgan fingerprint density at radius 1 is 0.971 bits per heavy atom. The third-order valence-corrected chi connectivity index (χ3v) is 8.82. The maximum absolute atomic E-state index is 12.9. The van der Waals surface area contributed by atoms with Crippen molar-refractivity contribution in [1.82, 2.24) is 9.29 Å². The average Bonchev–Trinajstić information content (AvgIpc) is 3.32. The molecule has 3 aromatic carbocycles. The number of rotatable bonds is 6. The zero-order chi connectivity index (χ0) is 23.5. The van der Waals surface area contributed by atoms with Gasteiger partial charge >= 0.3 is 0 Å². The first-order valence-corrected chi connectivity index (χ1v) is 13.7. The van der Waals surface area contributed by atoms with Gasteiger partial charge in [0.2, 0.25) is 15.9 Å². The number of piperidine rings is 1. The fraction of sp³-hybridized carbons (Fsp3) is 0.231. The molecule has 34 heavy (non-hydrogen) atoms. The van der Waals surface area contributed by atoms with E-state index < -0.39 is 10.0 Å². The highest BCUT2D eigenvalue weighted by molar-refractivity contribution is 7.88. The van der Waals surface area contributed by atoms with Gasteiger partial charge in [0.15, 0.2) is 5.13 Å². The number of benzene rings is 3. The molecule has 5 rings (SSSR count). The number of hydrogen-bond acceptors (Lipinski definition) is 5. The van der Waals surface area contributed by atoms with Crippen LogP contribution in [0.1, 0.15) is 18.4 Å². The van der Waals surface area contributed by atoms with Gasteiger partial charge in [-0.3, -0.25) is 4.79 Å². The van der Waals surface area contributed by atoms with E-state index >= 15 is 0 Å². The molecule has 0 bridgehead atoms. The lowest BCUT2D eigenvalue weighted by Crippen LogP contribution is -2.41. The second kappa shape index (κ2) is 9.66. The quantitative estimate of drug-likeness (QED) is 0.405. The third kappa shape index (κ3) is 4.89. The Balaban J connectivity index is 1.21. The largest absolute Gasteiger partial charge is 0.302 e. The SMILES string of the molecule is O=C(Nc1nc(-c2cccc3ccccc23)cs1)C1CCN(S(=O)(=O)Cc2ccccc2)CC1. The lowest BCUT2D eigenvalue weighted by atomic mass is 9.97. The molecule has 1 N–H and O–H groups in total. The maximum Gasteiger partial charge on any atom is 0.229 e. The molecule has 2 heterocycles. The van der Waals surface area contributed by atoms with E-state index in [0.29, 0.717) is 31.1 Å². The molecule has 0 aliphatic carbocycles. The van der Waals surface area contributed by atoms with Crippen molar-refractivity contribution in [3.05, 3.63) is 83.7 Å². The van der Waals surface area contributed by atoms with Crippen molar-refractivity contribution >= 4 is 43.2 Å². The molecular weight excluding hydrogens is 466 g/mol. The van der Waals surface area contributed by atoms with Crippen LogP contribution in [0.2, 0.25) is 0 Å². The molecule has 1 fully saturated rings. The topological polar surface area (TPSA) is 79.4 Å². The summed E-state index contributed by atoms with van der Waals surface area (Å²) in [6.07, 6.45) is 1.00. The minimum Gasteiger partial charge on any atom is -0.302 e. The number of anilines is 1. The molecule has 174 valence electrons. The van der Waals surface area contributed by atoms with Gasteiger partial charge in [0.05, 0.1) is 11.4 Å². The Bertz CT molecular complexity index is 1400. The van der Waals surface area contributed by atoms with Crippen LogP contribution in [0.15, 0.2) is 78.2 Å². The van der Waals surface area contributed by atoms with Crippen molar-refractivity contribution in [1.29, 1.82) is 0 Å². The Labute approximate surface area is 203 Å². The van der Waals surface area contributed by atoms with E-state index in [1.807, 2.05) is 60.0 Å². The van der Waals surface area contributed by atoms with E-state index in [0.717, 1.165) is 27.6 Å². The van der Waals surface area contributed by atoms with Gasteiger partial charge in [-0.25, -0.2) is 17.7 Å². The van der Waals surface area contributed by atoms with Crippen LogP contribution >= 0.6 is 11.3 Å². The van der Waals surface area contributed by atoms with Crippen LogP contribution in [0.25, 0.3) is 22.0 Å². The van der Waals surface area contributed by atoms with Gasteiger partial charge in [0.25, 0.3) is 0 Å². The molecule has 4 aromatic rings. The first-order valence-electron chi connectivity index (χ1n) is 11.3. The molecule has 1 saturated heterocycles. The molecule has 8 heteroatoms. The minimum absolute atomic E-state index is 0.0131. The molecule has 0 saturated carbocycles. The summed E-state index contributed by atoms with van der Waals surface area (Å²) < 4.78 is 27.0. The Morgan fingerprint density at radius 2 is 1.68 bits per heavy atom. The number of sulfonamides is 1. The fourth-order valence-corrected chi connectivity index (χ4v) is 6.66. The van der Waals surface area contributed by atoms with Crippen LogP contribution in [0, 0.1) is 5.92 Å². The van der Waals surface area contributed by atoms with Crippen molar-refractivity contribution in [3.8, 4) is 11.3 Å².